The first kappa shape index (κ1) is 14.0. The molecule has 0 fully saturated rings. The summed E-state index contributed by atoms with van der Waals surface area (Å²) in [6.45, 7) is 0. The van der Waals surface area contributed by atoms with Crippen molar-refractivity contribution in [3.63, 3.8) is 0 Å². The Labute approximate surface area is 109 Å². The molecule has 1 unspecified atom stereocenters. The van der Waals surface area contributed by atoms with Crippen molar-refractivity contribution in [1.29, 1.82) is 0 Å². The summed E-state index contributed by atoms with van der Waals surface area (Å²) >= 11 is 3.34. The van der Waals surface area contributed by atoms with E-state index in [1.807, 2.05) is 6.07 Å². The monoisotopic (exact) mass is 301 g/mol. The second-order valence-electron chi connectivity index (χ2n) is 3.61. The zero-order chi connectivity index (χ0) is 12.8. The number of carbonyl (C=O) groups is 1. The van der Waals surface area contributed by atoms with Crippen LogP contribution < -0.4 is 10.1 Å². The SMILES string of the molecule is CNC(=O)CCC(O)c1cc(Br)ccc1OC. The zero-order valence-corrected chi connectivity index (χ0v) is 11.5. The van der Waals surface area contributed by atoms with E-state index < -0.39 is 6.10 Å². The molecular weight excluding hydrogens is 286 g/mol. The molecule has 1 atom stereocenters. The van der Waals surface area contributed by atoms with Crippen LogP contribution in [-0.2, 0) is 4.79 Å². The molecule has 0 saturated heterocycles. The molecule has 2 N–H and O–H groups in total. The number of carbonyl (C=O) groups excluding carboxylic acids is 1. The Kier molecular flexibility index (Phi) is 5.44. The first-order valence-electron chi connectivity index (χ1n) is 5.30. The predicted molar refractivity (Wildman–Crippen MR) is 69.0 cm³/mol. The second kappa shape index (κ2) is 6.61. The molecule has 0 aromatic heterocycles. The lowest BCUT2D eigenvalue weighted by Gasteiger charge is -2.14. The van der Waals surface area contributed by atoms with Gasteiger partial charge in [-0.1, -0.05) is 15.9 Å². The number of rotatable bonds is 5. The van der Waals surface area contributed by atoms with Crippen LogP contribution in [0, 0.1) is 0 Å². The van der Waals surface area contributed by atoms with Crippen molar-refractivity contribution in [2.24, 2.45) is 0 Å². The molecule has 0 radical (unpaired) electrons. The molecule has 1 aromatic rings. The van der Waals surface area contributed by atoms with Gasteiger partial charge >= 0.3 is 0 Å². The molecule has 94 valence electrons. The summed E-state index contributed by atoms with van der Waals surface area (Å²) in [4.78, 5) is 11.1. The molecule has 17 heavy (non-hydrogen) atoms. The standard InChI is InChI=1S/C12H16BrNO3/c1-14-12(16)6-4-10(15)9-7-8(13)3-5-11(9)17-2/h3,5,7,10,15H,4,6H2,1-2H3,(H,14,16). The lowest BCUT2D eigenvalue weighted by molar-refractivity contribution is -0.121. The molecule has 0 spiro atoms. The lowest BCUT2D eigenvalue weighted by atomic mass is 10.0. The summed E-state index contributed by atoms with van der Waals surface area (Å²) in [7, 11) is 3.13. The van der Waals surface area contributed by atoms with Gasteiger partial charge in [-0.3, -0.25) is 4.79 Å². The summed E-state index contributed by atoms with van der Waals surface area (Å²) in [5.74, 6) is 0.538. The van der Waals surface area contributed by atoms with Crippen molar-refractivity contribution in [3.8, 4) is 5.75 Å². The average molecular weight is 302 g/mol. The molecule has 4 nitrogen and oxygen atoms in total. The molecule has 0 heterocycles. The van der Waals surface area contributed by atoms with Gasteiger partial charge in [-0.2, -0.15) is 0 Å². The van der Waals surface area contributed by atoms with Crippen molar-refractivity contribution in [2.75, 3.05) is 14.2 Å². The van der Waals surface area contributed by atoms with Crippen molar-refractivity contribution < 1.29 is 14.6 Å². The highest BCUT2D eigenvalue weighted by Crippen LogP contribution is 2.30. The Morgan fingerprint density at radius 2 is 2.29 bits per heavy atom. The molecule has 0 aliphatic rings. The van der Waals surface area contributed by atoms with Crippen LogP contribution in [0.4, 0.5) is 0 Å². The van der Waals surface area contributed by atoms with Crippen LogP contribution in [0.5, 0.6) is 5.75 Å². The van der Waals surface area contributed by atoms with Crippen molar-refractivity contribution in [2.45, 2.75) is 18.9 Å². The number of hydrogen-bond donors (Lipinski definition) is 2. The third-order valence-electron chi connectivity index (χ3n) is 2.47. The van der Waals surface area contributed by atoms with E-state index in [-0.39, 0.29) is 12.3 Å². The minimum atomic E-state index is -0.709. The van der Waals surface area contributed by atoms with Gasteiger partial charge in [0.1, 0.15) is 5.75 Å². The van der Waals surface area contributed by atoms with E-state index >= 15 is 0 Å². The summed E-state index contributed by atoms with van der Waals surface area (Å²) < 4.78 is 6.04. The summed E-state index contributed by atoms with van der Waals surface area (Å²) in [6.07, 6.45) is -0.0560. The molecule has 0 aliphatic heterocycles. The lowest BCUT2D eigenvalue weighted by Crippen LogP contribution is -2.18. The zero-order valence-electron chi connectivity index (χ0n) is 9.87. The maximum Gasteiger partial charge on any atom is 0.219 e. The van der Waals surface area contributed by atoms with Crippen LogP contribution in [0.3, 0.4) is 0 Å². The molecule has 1 rings (SSSR count). The number of aliphatic hydroxyl groups excluding tert-OH is 1. The van der Waals surface area contributed by atoms with Crippen LogP contribution in [0.1, 0.15) is 24.5 Å². The third kappa shape index (κ3) is 4.02. The highest BCUT2D eigenvalue weighted by atomic mass is 79.9. The van der Waals surface area contributed by atoms with E-state index in [9.17, 15) is 9.90 Å². The number of ether oxygens (including phenoxy) is 1. The van der Waals surface area contributed by atoms with Gasteiger partial charge in [0, 0.05) is 23.5 Å². The Balaban J connectivity index is 2.76. The molecule has 0 bridgehead atoms. The minimum absolute atomic E-state index is 0.0852. The smallest absolute Gasteiger partial charge is 0.219 e. The van der Waals surface area contributed by atoms with Crippen LogP contribution >= 0.6 is 15.9 Å². The van der Waals surface area contributed by atoms with Crippen LogP contribution in [0.15, 0.2) is 22.7 Å². The molecule has 1 aromatic carbocycles. The minimum Gasteiger partial charge on any atom is -0.496 e. The van der Waals surface area contributed by atoms with E-state index in [4.69, 9.17) is 4.74 Å². The normalized spacial score (nSPS) is 12.0. The highest BCUT2D eigenvalue weighted by molar-refractivity contribution is 9.10. The maximum absolute atomic E-state index is 11.1. The van der Waals surface area contributed by atoms with Gasteiger partial charge in [-0.15, -0.1) is 0 Å². The third-order valence-corrected chi connectivity index (χ3v) is 2.97. The maximum atomic E-state index is 11.1. The van der Waals surface area contributed by atoms with Crippen molar-refractivity contribution in [1.82, 2.24) is 5.32 Å². The highest BCUT2D eigenvalue weighted by Gasteiger charge is 2.14. The Morgan fingerprint density at radius 1 is 1.59 bits per heavy atom. The van der Waals surface area contributed by atoms with Crippen LogP contribution in [-0.4, -0.2) is 25.2 Å². The number of amides is 1. The fraction of sp³-hybridized carbons (Fsp3) is 0.417. The van der Waals surface area contributed by atoms with E-state index in [0.717, 1.165) is 4.47 Å². The van der Waals surface area contributed by atoms with Gasteiger partial charge in [0.15, 0.2) is 0 Å². The summed E-state index contributed by atoms with van der Waals surface area (Å²) in [6, 6.07) is 5.42. The first-order valence-corrected chi connectivity index (χ1v) is 6.10. The number of benzene rings is 1. The fourth-order valence-electron chi connectivity index (χ4n) is 1.51. The number of methoxy groups -OCH3 is 1. The first-order chi connectivity index (χ1) is 8.08. The summed E-state index contributed by atoms with van der Waals surface area (Å²) in [5, 5.41) is 12.5. The van der Waals surface area contributed by atoms with Gasteiger partial charge in [0.05, 0.1) is 13.2 Å². The van der Waals surface area contributed by atoms with Crippen molar-refractivity contribution in [3.05, 3.63) is 28.2 Å². The van der Waals surface area contributed by atoms with Gasteiger partial charge in [-0.05, 0) is 24.6 Å². The predicted octanol–water partition coefficient (Wildman–Crippen LogP) is 2.02. The molecule has 5 heteroatoms. The number of nitrogens with one attached hydrogen (secondary N) is 1. The largest absolute Gasteiger partial charge is 0.496 e. The number of aliphatic hydroxyl groups is 1. The Morgan fingerprint density at radius 3 is 2.88 bits per heavy atom. The Hall–Kier alpha value is -1.07. The molecule has 1 amide bonds. The van der Waals surface area contributed by atoms with E-state index in [1.165, 1.54) is 0 Å². The molecule has 0 saturated carbocycles. The van der Waals surface area contributed by atoms with Crippen LogP contribution in [0.25, 0.3) is 0 Å². The van der Waals surface area contributed by atoms with Crippen LogP contribution in [0.2, 0.25) is 0 Å². The van der Waals surface area contributed by atoms with Gasteiger partial charge in [0.25, 0.3) is 0 Å². The van der Waals surface area contributed by atoms with Gasteiger partial charge in [-0.25, -0.2) is 0 Å². The molecule has 0 aliphatic carbocycles. The number of halogens is 1. The topological polar surface area (TPSA) is 58.6 Å². The Bertz CT molecular complexity index is 395. The fourth-order valence-corrected chi connectivity index (χ4v) is 1.89. The van der Waals surface area contributed by atoms with E-state index in [1.54, 1.807) is 26.3 Å². The summed E-state index contributed by atoms with van der Waals surface area (Å²) in [5.41, 5.74) is 0.686. The van der Waals surface area contributed by atoms with Gasteiger partial charge < -0.3 is 15.2 Å². The number of hydrogen-bond acceptors (Lipinski definition) is 3. The van der Waals surface area contributed by atoms with Crippen molar-refractivity contribution >= 4 is 21.8 Å². The average Bonchev–Trinajstić information content (AvgIpc) is 2.35. The second-order valence-corrected chi connectivity index (χ2v) is 4.53. The van der Waals surface area contributed by atoms with Gasteiger partial charge in [0.2, 0.25) is 5.91 Å². The molecular formula is C12H16BrNO3. The van der Waals surface area contributed by atoms with E-state index in [2.05, 4.69) is 21.2 Å². The quantitative estimate of drug-likeness (QED) is 0.875. The van der Waals surface area contributed by atoms with E-state index in [0.29, 0.717) is 17.7 Å².